The van der Waals surface area contributed by atoms with Gasteiger partial charge in [-0.25, -0.2) is 4.39 Å². The SMILES string of the molecule is COc1cc(C)c(C(C)(O)Cc2ccccc2F)cc1C. The average molecular weight is 288 g/mol. The molecule has 0 aliphatic carbocycles. The lowest BCUT2D eigenvalue weighted by Gasteiger charge is -2.27. The molecule has 1 atom stereocenters. The first kappa shape index (κ1) is 15.5. The Hall–Kier alpha value is -1.87. The predicted octanol–water partition coefficient (Wildman–Crippen LogP) is 3.90. The standard InChI is InChI=1S/C18H21FO2/c1-12-10-17(21-4)13(2)9-15(12)18(3,20)11-14-7-5-6-8-16(14)19/h5-10,20H,11H2,1-4H3. The Balaban J connectivity index is 2.40. The Morgan fingerprint density at radius 2 is 1.81 bits per heavy atom. The van der Waals surface area contributed by atoms with Crippen LogP contribution in [0.15, 0.2) is 36.4 Å². The summed E-state index contributed by atoms with van der Waals surface area (Å²) in [5, 5.41) is 10.8. The fourth-order valence-corrected chi connectivity index (χ4v) is 2.70. The van der Waals surface area contributed by atoms with E-state index in [4.69, 9.17) is 4.74 Å². The minimum atomic E-state index is -1.14. The topological polar surface area (TPSA) is 29.5 Å². The van der Waals surface area contributed by atoms with Gasteiger partial charge in [-0.05, 0) is 61.2 Å². The van der Waals surface area contributed by atoms with E-state index < -0.39 is 5.60 Å². The van der Waals surface area contributed by atoms with Crippen LogP contribution >= 0.6 is 0 Å². The van der Waals surface area contributed by atoms with Crippen molar-refractivity contribution in [3.63, 3.8) is 0 Å². The average Bonchev–Trinajstić information content (AvgIpc) is 2.43. The van der Waals surface area contributed by atoms with Crippen molar-refractivity contribution in [3.8, 4) is 5.75 Å². The van der Waals surface area contributed by atoms with Gasteiger partial charge in [-0.1, -0.05) is 18.2 Å². The molecular formula is C18H21FO2. The van der Waals surface area contributed by atoms with E-state index in [1.165, 1.54) is 6.07 Å². The fourth-order valence-electron chi connectivity index (χ4n) is 2.70. The van der Waals surface area contributed by atoms with Crippen LogP contribution in [0.4, 0.5) is 4.39 Å². The number of benzene rings is 2. The van der Waals surface area contributed by atoms with Gasteiger partial charge in [0.2, 0.25) is 0 Å². The molecule has 0 saturated carbocycles. The number of hydrogen-bond acceptors (Lipinski definition) is 2. The molecule has 2 aromatic rings. The molecule has 112 valence electrons. The molecule has 1 N–H and O–H groups in total. The van der Waals surface area contributed by atoms with E-state index in [1.54, 1.807) is 32.2 Å². The Labute approximate surface area is 125 Å². The monoisotopic (exact) mass is 288 g/mol. The lowest BCUT2D eigenvalue weighted by Crippen LogP contribution is -2.26. The van der Waals surface area contributed by atoms with E-state index in [2.05, 4.69) is 0 Å². The van der Waals surface area contributed by atoms with Gasteiger partial charge < -0.3 is 9.84 Å². The van der Waals surface area contributed by atoms with Crippen molar-refractivity contribution < 1.29 is 14.2 Å². The normalized spacial score (nSPS) is 13.8. The lowest BCUT2D eigenvalue weighted by atomic mass is 9.85. The van der Waals surface area contributed by atoms with Crippen molar-refractivity contribution in [2.75, 3.05) is 7.11 Å². The maximum atomic E-state index is 13.8. The van der Waals surface area contributed by atoms with E-state index in [-0.39, 0.29) is 12.2 Å². The minimum Gasteiger partial charge on any atom is -0.496 e. The first-order valence-electron chi connectivity index (χ1n) is 6.96. The van der Waals surface area contributed by atoms with Crippen LogP contribution in [0.2, 0.25) is 0 Å². The summed E-state index contributed by atoms with van der Waals surface area (Å²) in [5.41, 5.74) is 2.05. The molecule has 2 aromatic carbocycles. The largest absolute Gasteiger partial charge is 0.496 e. The van der Waals surface area contributed by atoms with Gasteiger partial charge in [0.1, 0.15) is 11.6 Å². The van der Waals surface area contributed by atoms with Gasteiger partial charge in [0.15, 0.2) is 0 Å². The molecular weight excluding hydrogens is 267 g/mol. The number of ether oxygens (including phenoxy) is 1. The van der Waals surface area contributed by atoms with E-state index in [0.717, 1.165) is 22.4 Å². The molecule has 0 aromatic heterocycles. The van der Waals surface area contributed by atoms with Gasteiger partial charge in [0.25, 0.3) is 0 Å². The molecule has 0 aliphatic rings. The zero-order valence-corrected chi connectivity index (χ0v) is 12.9. The summed E-state index contributed by atoms with van der Waals surface area (Å²) < 4.78 is 19.1. The summed E-state index contributed by atoms with van der Waals surface area (Å²) in [6.07, 6.45) is 0.228. The van der Waals surface area contributed by atoms with Crippen molar-refractivity contribution in [2.45, 2.75) is 32.8 Å². The summed E-state index contributed by atoms with van der Waals surface area (Å²) >= 11 is 0. The third kappa shape index (κ3) is 3.24. The number of methoxy groups -OCH3 is 1. The number of hydrogen-bond donors (Lipinski definition) is 1. The summed E-state index contributed by atoms with van der Waals surface area (Å²) in [6.45, 7) is 5.57. The Bertz CT molecular complexity index is 648. The number of aryl methyl sites for hydroxylation is 2. The highest BCUT2D eigenvalue weighted by atomic mass is 19.1. The van der Waals surface area contributed by atoms with Gasteiger partial charge in [0.05, 0.1) is 12.7 Å². The molecule has 0 saturated heterocycles. The third-order valence-corrected chi connectivity index (χ3v) is 3.81. The summed E-state index contributed by atoms with van der Waals surface area (Å²) in [6, 6.07) is 10.4. The smallest absolute Gasteiger partial charge is 0.126 e. The van der Waals surface area contributed by atoms with E-state index >= 15 is 0 Å². The second kappa shape index (κ2) is 5.86. The van der Waals surface area contributed by atoms with Crippen molar-refractivity contribution >= 4 is 0 Å². The molecule has 0 heterocycles. The van der Waals surface area contributed by atoms with Crippen molar-refractivity contribution in [2.24, 2.45) is 0 Å². The van der Waals surface area contributed by atoms with E-state index in [1.807, 2.05) is 26.0 Å². The highest BCUT2D eigenvalue weighted by Crippen LogP contribution is 2.32. The van der Waals surface area contributed by atoms with Crippen LogP contribution in [-0.2, 0) is 12.0 Å². The Morgan fingerprint density at radius 3 is 2.43 bits per heavy atom. The van der Waals surface area contributed by atoms with Crippen LogP contribution in [-0.4, -0.2) is 12.2 Å². The zero-order valence-electron chi connectivity index (χ0n) is 12.9. The predicted molar refractivity (Wildman–Crippen MR) is 82.1 cm³/mol. The van der Waals surface area contributed by atoms with Crippen LogP contribution in [0.1, 0.15) is 29.2 Å². The first-order chi connectivity index (χ1) is 9.85. The molecule has 1 unspecified atom stereocenters. The second-order valence-electron chi connectivity index (χ2n) is 5.68. The highest BCUT2D eigenvalue weighted by Gasteiger charge is 2.27. The summed E-state index contributed by atoms with van der Waals surface area (Å²) in [7, 11) is 1.62. The number of halogens is 1. The van der Waals surface area contributed by atoms with Crippen molar-refractivity contribution in [1.29, 1.82) is 0 Å². The van der Waals surface area contributed by atoms with Crippen LogP contribution in [0.25, 0.3) is 0 Å². The van der Waals surface area contributed by atoms with Crippen LogP contribution in [0, 0.1) is 19.7 Å². The first-order valence-corrected chi connectivity index (χ1v) is 6.96. The Morgan fingerprint density at radius 1 is 1.14 bits per heavy atom. The molecule has 0 spiro atoms. The van der Waals surface area contributed by atoms with E-state index in [0.29, 0.717) is 5.56 Å². The Kier molecular flexibility index (Phi) is 4.33. The van der Waals surface area contributed by atoms with Crippen LogP contribution < -0.4 is 4.74 Å². The zero-order chi connectivity index (χ0) is 15.6. The quantitative estimate of drug-likeness (QED) is 0.924. The van der Waals surface area contributed by atoms with Crippen LogP contribution in [0.3, 0.4) is 0 Å². The van der Waals surface area contributed by atoms with Crippen molar-refractivity contribution in [3.05, 3.63) is 64.5 Å². The van der Waals surface area contributed by atoms with Gasteiger partial charge >= 0.3 is 0 Å². The maximum absolute atomic E-state index is 13.8. The van der Waals surface area contributed by atoms with Crippen molar-refractivity contribution in [1.82, 2.24) is 0 Å². The molecule has 0 amide bonds. The minimum absolute atomic E-state index is 0.228. The van der Waals surface area contributed by atoms with Gasteiger partial charge in [-0.3, -0.25) is 0 Å². The molecule has 0 fully saturated rings. The molecule has 21 heavy (non-hydrogen) atoms. The fraction of sp³-hybridized carbons (Fsp3) is 0.333. The highest BCUT2D eigenvalue weighted by molar-refractivity contribution is 5.44. The molecule has 0 radical (unpaired) electrons. The van der Waals surface area contributed by atoms with Gasteiger partial charge in [-0.2, -0.15) is 0 Å². The maximum Gasteiger partial charge on any atom is 0.126 e. The molecule has 2 nitrogen and oxygen atoms in total. The molecule has 2 rings (SSSR count). The number of rotatable bonds is 4. The summed E-state index contributed by atoms with van der Waals surface area (Å²) in [5.74, 6) is 0.499. The molecule has 0 bridgehead atoms. The number of aliphatic hydroxyl groups is 1. The lowest BCUT2D eigenvalue weighted by molar-refractivity contribution is 0.0559. The summed E-state index contributed by atoms with van der Waals surface area (Å²) in [4.78, 5) is 0. The second-order valence-corrected chi connectivity index (χ2v) is 5.68. The molecule has 0 aliphatic heterocycles. The molecule has 3 heteroatoms. The van der Waals surface area contributed by atoms with Gasteiger partial charge in [-0.15, -0.1) is 0 Å². The van der Waals surface area contributed by atoms with Gasteiger partial charge in [0, 0.05) is 6.42 Å². The van der Waals surface area contributed by atoms with Crippen LogP contribution in [0.5, 0.6) is 5.75 Å². The third-order valence-electron chi connectivity index (χ3n) is 3.81. The van der Waals surface area contributed by atoms with E-state index in [9.17, 15) is 9.50 Å².